The van der Waals surface area contributed by atoms with E-state index < -0.39 is 0 Å². The van der Waals surface area contributed by atoms with Gasteiger partial charge in [-0.1, -0.05) is 41.9 Å². The molecule has 0 unspecified atom stereocenters. The lowest BCUT2D eigenvalue weighted by atomic mass is 10.0. The molecule has 2 aromatic carbocycles. The van der Waals surface area contributed by atoms with Gasteiger partial charge in [-0.05, 0) is 23.8 Å². The summed E-state index contributed by atoms with van der Waals surface area (Å²) in [7, 11) is 0. The Morgan fingerprint density at radius 1 is 1.00 bits per heavy atom. The van der Waals surface area contributed by atoms with Gasteiger partial charge in [-0.3, -0.25) is 0 Å². The summed E-state index contributed by atoms with van der Waals surface area (Å²) < 4.78 is 0. The fourth-order valence-corrected chi connectivity index (χ4v) is 1.55. The Morgan fingerprint density at radius 3 is 2.47 bits per heavy atom. The molecular formula is C13H10ClO. The summed E-state index contributed by atoms with van der Waals surface area (Å²) in [6.07, 6.45) is 1.89. The molecule has 0 aliphatic carbocycles. The number of aromatic hydroxyl groups is 1. The van der Waals surface area contributed by atoms with Gasteiger partial charge in [0.1, 0.15) is 5.75 Å². The van der Waals surface area contributed by atoms with Crippen LogP contribution in [0.1, 0.15) is 11.1 Å². The fraction of sp³-hybridized carbons (Fsp3) is 0. The molecule has 2 rings (SSSR count). The van der Waals surface area contributed by atoms with Crippen molar-refractivity contribution in [1.29, 1.82) is 0 Å². The van der Waals surface area contributed by atoms with Crippen LogP contribution in [0.4, 0.5) is 0 Å². The van der Waals surface area contributed by atoms with E-state index in [1.807, 2.05) is 36.8 Å². The van der Waals surface area contributed by atoms with E-state index in [0.29, 0.717) is 5.02 Å². The van der Waals surface area contributed by atoms with Gasteiger partial charge in [-0.25, -0.2) is 0 Å². The average Bonchev–Trinajstić information content (AvgIpc) is 2.25. The second kappa shape index (κ2) is 4.37. The molecule has 0 heterocycles. The zero-order valence-electron chi connectivity index (χ0n) is 8.02. The second-order valence-electron chi connectivity index (χ2n) is 3.26. The van der Waals surface area contributed by atoms with E-state index in [1.54, 1.807) is 18.2 Å². The van der Waals surface area contributed by atoms with Crippen molar-refractivity contribution in [2.24, 2.45) is 0 Å². The maximum Gasteiger partial charge on any atom is 0.119 e. The molecule has 75 valence electrons. The Hall–Kier alpha value is -1.47. The number of hydrogen-bond donors (Lipinski definition) is 1. The van der Waals surface area contributed by atoms with Gasteiger partial charge in [0.25, 0.3) is 0 Å². The normalized spacial score (nSPS) is 10.2. The largest absolute Gasteiger partial charge is 0.508 e. The van der Waals surface area contributed by atoms with Crippen LogP contribution in [0.25, 0.3) is 0 Å². The standard InChI is InChI=1S/C13H10ClO/c14-12-6-7-13(15)11(9-12)8-10-4-2-1-3-5-10/h1-9,15H. The number of halogens is 1. The second-order valence-corrected chi connectivity index (χ2v) is 3.69. The van der Waals surface area contributed by atoms with Crippen LogP contribution >= 0.6 is 11.6 Å². The van der Waals surface area contributed by atoms with Crippen LogP contribution in [-0.2, 0) is 0 Å². The van der Waals surface area contributed by atoms with E-state index >= 15 is 0 Å². The Balaban J connectivity index is 2.28. The molecule has 0 amide bonds. The van der Waals surface area contributed by atoms with Gasteiger partial charge in [0.15, 0.2) is 0 Å². The Kier molecular flexibility index (Phi) is 2.93. The zero-order valence-corrected chi connectivity index (χ0v) is 8.78. The van der Waals surface area contributed by atoms with Crippen molar-refractivity contribution in [3.63, 3.8) is 0 Å². The molecule has 0 saturated heterocycles. The van der Waals surface area contributed by atoms with Gasteiger partial charge >= 0.3 is 0 Å². The number of hydrogen-bond acceptors (Lipinski definition) is 1. The van der Waals surface area contributed by atoms with Gasteiger partial charge in [-0.2, -0.15) is 0 Å². The SMILES string of the molecule is Oc1ccc(Cl)cc1[CH]c1ccccc1. The predicted octanol–water partition coefficient (Wildman–Crippen LogP) is 3.65. The molecule has 0 aliphatic rings. The van der Waals surface area contributed by atoms with Crippen LogP contribution in [0.5, 0.6) is 5.75 Å². The molecule has 15 heavy (non-hydrogen) atoms. The van der Waals surface area contributed by atoms with E-state index in [0.717, 1.165) is 11.1 Å². The summed E-state index contributed by atoms with van der Waals surface area (Å²) in [5, 5.41) is 10.2. The van der Waals surface area contributed by atoms with Crippen molar-refractivity contribution in [3.8, 4) is 5.75 Å². The topological polar surface area (TPSA) is 20.2 Å². The van der Waals surface area contributed by atoms with Crippen LogP contribution in [0.3, 0.4) is 0 Å². The Labute approximate surface area is 94.0 Å². The molecule has 0 aliphatic heterocycles. The van der Waals surface area contributed by atoms with Crippen molar-refractivity contribution < 1.29 is 5.11 Å². The van der Waals surface area contributed by atoms with Crippen LogP contribution in [-0.4, -0.2) is 5.11 Å². The lowest BCUT2D eigenvalue weighted by molar-refractivity contribution is 0.472. The van der Waals surface area contributed by atoms with Crippen molar-refractivity contribution in [1.82, 2.24) is 0 Å². The molecule has 2 aromatic rings. The summed E-state index contributed by atoms with van der Waals surface area (Å²) in [6, 6.07) is 14.8. The minimum atomic E-state index is 0.239. The summed E-state index contributed by atoms with van der Waals surface area (Å²) in [5.41, 5.74) is 1.77. The van der Waals surface area contributed by atoms with Crippen molar-refractivity contribution >= 4 is 11.6 Å². The molecule has 0 saturated carbocycles. The molecule has 0 atom stereocenters. The minimum Gasteiger partial charge on any atom is -0.508 e. The first-order valence-electron chi connectivity index (χ1n) is 4.64. The summed E-state index contributed by atoms with van der Waals surface area (Å²) in [5.74, 6) is 0.239. The van der Waals surface area contributed by atoms with E-state index in [2.05, 4.69) is 0 Å². The molecule has 1 nitrogen and oxygen atoms in total. The number of rotatable bonds is 2. The van der Waals surface area contributed by atoms with Crippen molar-refractivity contribution in [2.45, 2.75) is 0 Å². The van der Waals surface area contributed by atoms with Crippen LogP contribution in [0.2, 0.25) is 5.02 Å². The fourth-order valence-electron chi connectivity index (χ4n) is 1.37. The first-order chi connectivity index (χ1) is 7.25. The van der Waals surface area contributed by atoms with Crippen LogP contribution in [0, 0.1) is 6.42 Å². The van der Waals surface area contributed by atoms with E-state index in [9.17, 15) is 5.11 Å². The Bertz CT molecular complexity index is 451. The molecular weight excluding hydrogens is 208 g/mol. The molecule has 0 bridgehead atoms. The third kappa shape index (κ3) is 2.51. The van der Waals surface area contributed by atoms with Crippen LogP contribution < -0.4 is 0 Å². The first kappa shape index (κ1) is 10.1. The Morgan fingerprint density at radius 2 is 1.73 bits per heavy atom. The molecule has 0 aromatic heterocycles. The van der Waals surface area contributed by atoms with E-state index in [1.165, 1.54) is 0 Å². The summed E-state index contributed by atoms with van der Waals surface area (Å²) in [6.45, 7) is 0. The third-order valence-electron chi connectivity index (χ3n) is 2.11. The highest BCUT2D eigenvalue weighted by Gasteiger charge is 2.03. The highest BCUT2D eigenvalue weighted by Crippen LogP contribution is 2.25. The molecule has 1 N–H and O–H groups in total. The maximum absolute atomic E-state index is 9.61. The van der Waals surface area contributed by atoms with E-state index in [-0.39, 0.29) is 5.75 Å². The van der Waals surface area contributed by atoms with Gasteiger partial charge in [-0.15, -0.1) is 0 Å². The third-order valence-corrected chi connectivity index (χ3v) is 2.35. The lowest BCUT2D eigenvalue weighted by Crippen LogP contribution is -1.85. The van der Waals surface area contributed by atoms with Crippen molar-refractivity contribution in [2.75, 3.05) is 0 Å². The smallest absolute Gasteiger partial charge is 0.119 e. The molecule has 0 fully saturated rings. The van der Waals surface area contributed by atoms with Crippen LogP contribution in [0.15, 0.2) is 48.5 Å². The average molecular weight is 218 g/mol. The number of benzene rings is 2. The molecule has 2 heteroatoms. The van der Waals surface area contributed by atoms with Gasteiger partial charge in [0.05, 0.1) is 0 Å². The molecule has 1 radical (unpaired) electrons. The van der Waals surface area contributed by atoms with E-state index in [4.69, 9.17) is 11.6 Å². The lowest BCUT2D eigenvalue weighted by Gasteiger charge is -2.04. The van der Waals surface area contributed by atoms with Crippen molar-refractivity contribution in [3.05, 3.63) is 71.1 Å². The number of phenols is 1. The molecule has 0 spiro atoms. The zero-order chi connectivity index (χ0) is 10.7. The van der Waals surface area contributed by atoms with Gasteiger partial charge < -0.3 is 5.11 Å². The summed E-state index contributed by atoms with van der Waals surface area (Å²) in [4.78, 5) is 0. The highest BCUT2D eigenvalue weighted by atomic mass is 35.5. The number of phenolic OH excluding ortho intramolecular Hbond substituents is 1. The minimum absolute atomic E-state index is 0.239. The predicted molar refractivity (Wildman–Crippen MR) is 62.1 cm³/mol. The quantitative estimate of drug-likeness (QED) is 0.814. The maximum atomic E-state index is 9.61. The summed E-state index contributed by atoms with van der Waals surface area (Å²) >= 11 is 5.85. The highest BCUT2D eigenvalue weighted by molar-refractivity contribution is 6.30. The van der Waals surface area contributed by atoms with Gasteiger partial charge in [0, 0.05) is 17.0 Å². The monoisotopic (exact) mass is 217 g/mol. The first-order valence-corrected chi connectivity index (χ1v) is 5.02. The van der Waals surface area contributed by atoms with Gasteiger partial charge in [0.2, 0.25) is 0 Å².